The number of likely N-dealkylation sites (N-methyl/N-ethyl adjacent to an activating group) is 2. The Hall–Kier alpha value is -3.88. The Morgan fingerprint density at radius 2 is 1.18 bits per heavy atom. The van der Waals surface area contributed by atoms with E-state index in [0.29, 0.717) is 19.4 Å². The fraction of sp³-hybridized carbons (Fsp3) is 0.915. The number of guanidine groups is 4. The van der Waals surface area contributed by atoms with E-state index in [1.165, 1.54) is 14.0 Å². The topological polar surface area (TPSA) is 633 Å². The molecule has 3 saturated heterocycles. The van der Waals surface area contributed by atoms with E-state index in [0.717, 1.165) is 0 Å². The molecule has 29 atom stereocenters. The molecule has 0 aromatic heterocycles. The molecule has 3 heterocycles. The Bertz CT molecular complexity index is 2180. The SMILES string of the molecule is CNC1[C@H](OC2[C@H](O[C@@H]3C(O)[C@@H](O)C(N=C(N)N)C(O)[C@@H]3N=C(N)N)O[C@@H](C)[C@@]2(O)CNCCCCNC[C@H]2C(O[C@@H]3CC(CO)[C@H](O)[C@H](O)C3NC)[C@H](O[C@H]3CC(O)(N=C(N)N)C(N=C(N)N)[C@H](O)C3O)O[C@H]2C)OC(CO)[C@H](O)[C@@H]1O. The van der Waals surface area contributed by atoms with Gasteiger partial charge >= 0.3 is 0 Å². The van der Waals surface area contributed by atoms with E-state index in [9.17, 15) is 66.4 Å². The van der Waals surface area contributed by atoms with Gasteiger partial charge in [-0.05, 0) is 60.3 Å². The molecule has 0 radical (unpaired) electrons. The third-order valence-electron chi connectivity index (χ3n) is 16.6. The summed E-state index contributed by atoms with van der Waals surface area (Å²) in [6, 6.07) is -6.67. The molecule has 480 valence electrons. The monoisotopic (exact) mass is 1200 g/mol. The van der Waals surface area contributed by atoms with Crippen molar-refractivity contribution in [2.75, 3.05) is 53.5 Å². The smallest absolute Gasteiger partial charge is 0.188 e. The van der Waals surface area contributed by atoms with E-state index < -0.39 is 219 Å². The third kappa shape index (κ3) is 15.3. The third-order valence-corrected chi connectivity index (χ3v) is 16.6. The normalized spacial score (nSPS) is 45.6. The minimum atomic E-state index is -2.37. The van der Waals surface area contributed by atoms with E-state index >= 15 is 0 Å². The highest BCUT2D eigenvalue weighted by Crippen LogP contribution is 2.42. The maximum atomic E-state index is 12.6. The molecule has 3 aliphatic heterocycles. The summed E-state index contributed by atoms with van der Waals surface area (Å²) >= 11 is 0. The van der Waals surface area contributed by atoms with Crippen LogP contribution in [0.2, 0.25) is 0 Å². The molecular weight excluding hydrogens is 1110 g/mol. The second-order valence-electron chi connectivity index (χ2n) is 22.2. The van der Waals surface area contributed by atoms with Crippen molar-refractivity contribution in [3.63, 3.8) is 0 Å². The summed E-state index contributed by atoms with van der Waals surface area (Å²) in [5.74, 6) is -3.47. The Morgan fingerprint density at radius 1 is 0.566 bits per heavy atom. The Labute approximate surface area is 478 Å². The first-order chi connectivity index (χ1) is 39.1. The van der Waals surface area contributed by atoms with E-state index in [2.05, 4.69) is 41.2 Å². The molecule has 36 heteroatoms. The summed E-state index contributed by atoms with van der Waals surface area (Å²) in [5, 5.41) is 157. The van der Waals surface area contributed by atoms with Crippen molar-refractivity contribution in [1.29, 1.82) is 0 Å². The number of nitrogens with zero attached hydrogens (tertiary/aromatic N) is 4. The number of nitrogens with two attached hydrogens (primary N) is 8. The number of rotatable bonds is 25. The summed E-state index contributed by atoms with van der Waals surface area (Å²) < 4.78 is 44.1. The predicted molar refractivity (Wildman–Crippen MR) is 290 cm³/mol. The van der Waals surface area contributed by atoms with E-state index in [1.54, 1.807) is 14.0 Å². The highest BCUT2D eigenvalue weighted by molar-refractivity contribution is 5.78. The first-order valence-electron chi connectivity index (χ1n) is 27.6. The standard InChI is InChI=1S/C47H92N16O20/c1-15-18(35(79-19-9-17(12-64)26(66)30(70)22(19)56-3)40(77-15)80-20-10-47(76,63-45(54)55)37(62-44(52)53)34(74)27(20)67)11-58-7-5-6-8-59-14-46(75)16(2)78-41(38(46)83-39-25(57-4)32(72)28(68)21(13-65)81-39)82-36-24(61-43(50)51)29(69)23(60-42(48)49)31(71)33(36)73/h15-41,56-59,64-76H,5-14H2,1-4H3,(H4,48,49,60)(H4,50,51,61)(H4,52,53,62)(H4,54,55,63)/t15-,16-,17?,18+,19+,20-,21?,22?,23?,24-,25?,26-,27?,28-,29?,30+,31-,32+,33?,34+,35?,36-,37?,38?,39-,40-,41-,46-,47?/m0/s1. The van der Waals surface area contributed by atoms with Gasteiger partial charge in [-0.1, -0.05) is 0 Å². The molecular formula is C47H92N16O20. The van der Waals surface area contributed by atoms with Gasteiger partial charge < -0.3 is 167 Å². The highest BCUT2D eigenvalue weighted by Gasteiger charge is 2.61. The van der Waals surface area contributed by atoms with Crippen molar-refractivity contribution in [1.82, 2.24) is 21.3 Å². The van der Waals surface area contributed by atoms with Gasteiger partial charge in [0.15, 0.2) is 48.4 Å². The lowest BCUT2D eigenvalue weighted by Gasteiger charge is -2.46. The van der Waals surface area contributed by atoms with Gasteiger partial charge in [0.05, 0.1) is 55.3 Å². The second kappa shape index (κ2) is 29.2. The summed E-state index contributed by atoms with van der Waals surface area (Å²) in [4.78, 5) is 15.7. The number of aliphatic hydroxyl groups is 13. The van der Waals surface area contributed by atoms with Gasteiger partial charge in [0.1, 0.15) is 90.9 Å². The number of nitrogens with one attached hydrogen (secondary N) is 4. The second-order valence-corrected chi connectivity index (χ2v) is 22.2. The maximum Gasteiger partial charge on any atom is 0.188 e. The largest absolute Gasteiger partial charge is 0.396 e. The van der Waals surface area contributed by atoms with E-state index in [1.807, 2.05) is 0 Å². The van der Waals surface area contributed by atoms with E-state index in [4.69, 9.17) is 79.0 Å². The number of unbranched alkanes of at least 4 members (excludes halogenated alkanes) is 1. The molecule has 6 aliphatic rings. The first-order valence-corrected chi connectivity index (χ1v) is 27.6. The quantitative estimate of drug-likeness (QED) is 0.0229. The lowest BCUT2D eigenvalue weighted by molar-refractivity contribution is -0.316. The molecule has 12 unspecified atom stereocenters. The van der Waals surface area contributed by atoms with Crippen LogP contribution in [0, 0.1) is 11.8 Å². The minimum Gasteiger partial charge on any atom is -0.396 e. The summed E-state index contributed by atoms with van der Waals surface area (Å²) in [7, 11) is 3.02. The average Bonchev–Trinajstić information content (AvgIpc) is 4.12. The zero-order valence-corrected chi connectivity index (χ0v) is 46.7. The average molecular weight is 1200 g/mol. The Kier molecular flexibility index (Phi) is 24.0. The van der Waals surface area contributed by atoms with Crippen LogP contribution in [-0.2, 0) is 33.2 Å². The van der Waals surface area contributed by atoms with Crippen molar-refractivity contribution in [3.05, 3.63) is 0 Å². The fourth-order valence-corrected chi connectivity index (χ4v) is 12.0. The fourth-order valence-electron chi connectivity index (χ4n) is 12.0. The van der Waals surface area contributed by atoms with Crippen LogP contribution in [0.3, 0.4) is 0 Å². The van der Waals surface area contributed by atoms with Crippen molar-refractivity contribution in [2.45, 2.75) is 204 Å². The van der Waals surface area contributed by atoms with Gasteiger partial charge in [0.2, 0.25) is 0 Å². The zero-order chi connectivity index (χ0) is 61.6. The molecule has 3 aliphatic carbocycles. The van der Waals surface area contributed by atoms with Crippen LogP contribution in [0.4, 0.5) is 0 Å². The van der Waals surface area contributed by atoms with Crippen LogP contribution in [0.25, 0.3) is 0 Å². The molecule has 36 nitrogen and oxygen atoms in total. The van der Waals surface area contributed by atoms with Gasteiger partial charge in [0, 0.05) is 38.0 Å². The molecule has 83 heavy (non-hydrogen) atoms. The zero-order valence-electron chi connectivity index (χ0n) is 46.7. The predicted octanol–water partition coefficient (Wildman–Crippen LogP) is -13.8. The van der Waals surface area contributed by atoms with Crippen molar-refractivity contribution in [3.8, 4) is 0 Å². The molecule has 3 saturated carbocycles. The van der Waals surface area contributed by atoms with Crippen molar-refractivity contribution in [2.24, 2.45) is 77.7 Å². The number of ether oxygens (including phenoxy) is 7. The molecule has 33 N–H and O–H groups in total. The minimum absolute atomic E-state index is 0.100. The van der Waals surface area contributed by atoms with Crippen molar-refractivity contribution >= 4 is 23.8 Å². The molecule has 0 aromatic rings. The van der Waals surface area contributed by atoms with Crippen LogP contribution >= 0.6 is 0 Å². The molecule has 0 aromatic carbocycles. The van der Waals surface area contributed by atoms with E-state index in [-0.39, 0.29) is 26.1 Å². The molecule has 6 fully saturated rings. The van der Waals surface area contributed by atoms with Gasteiger partial charge in [-0.25, -0.2) is 20.0 Å². The van der Waals surface area contributed by atoms with Crippen molar-refractivity contribution < 1.29 is 99.5 Å². The summed E-state index contributed by atoms with van der Waals surface area (Å²) in [6.45, 7) is 2.75. The van der Waals surface area contributed by atoms with Gasteiger partial charge in [-0.15, -0.1) is 0 Å². The van der Waals surface area contributed by atoms with Gasteiger partial charge in [-0.3, -0.25) is 0 Å². The molecule has 0 spiro atoms. The van der Waals surface area contributed by atoms with Crippen LogP contribution < -0.4 is 67.1 Å². The lowest BCUT2D eigenvalue weighted by atomic mass is 9.79. The van der Waals surface area contributed by atoms with Gasteiger partial charge in [-0.2, -0.15) is 0 Å². The van der Waals surface area contributed by atoms with Crippen LogP contribution in [0.5, 0.6) is 0 Å². The molecule has 6 rings (SSSR count). The maximum absolute atomic E-state index is 12.6. The molecule has 0 bridgehead atoms. The van der Waals surface area contributed by atoms with Crippen LogP contribution in [0.15, 0.2) is 20.0 Å². The highest BCUT2D eigenvalue weighted by atomic mass is 16.8. The number of hydrogen-bond donors (Lipinski definition) is 25. The van der Waals surface area contributed by atoms with Crippen LogP contribution in [-0.4, -0.2) is 308 Å². The Morgan fingerprint density at radius 3 is 1.77 bits per heavy atom. The Balaban J connectivity index is 1.15. The summed E-state index contributed by atoms with van der Waals surface area (Å²) in [6.07, 6.45) is -28.3. The number of aliphatic hydroxyl groups excluding tert-OH is 11. The van der Waals surface area contributed by atoms with Gasteiger partial charge in [0.25, 0.3) is 0 Å². The number of aliphatic imine (C=N–C) groups is 4. The first kappa shape index (κ1) is 68.2. The molecule has 0 amide bonds. The lowest BCUT2D eigenvalue weighted by Crippen LogP contribution is -2.67. The number of hydrogen-bond acceptors (Lipinski definition) is 28. The van der Waals surface area contributed by atoms with Crippen LogP contribution in [0.1, 0.15) is 39.5 Å². The summed E-state index contributed by atoms with van der Waals surface area (Å²) in [5.41, 5.74) is 40.6.